The first kappa shape index (κ1) is 29.8. The third kappa shape index (κ3) is 11.5. The molecule has 0 N–H and O–H groups in total. The minimum absolute atomic E-state index is 0.429. The van der Waals surface area contributed by atoms with Gasteiger partial charge in [0, 0.05) is 18.3 Å². The average Bonchev–Trinajstić information content (AvgIpc) is 3.12. The molecule has 34 heavy (non-hydrogen) atoms. The molecule has 1 atom stereocenters. The van der Waals surface area contributed by atoms with Crippen LogP contribution in [0.15, 0.2) is 23.4 Å². The Hall–Kier alpha value is -0.470. The van der Waals surface area contributed by atoms with Crippen LogP contribution in [0.5, 0.6) is 0 Å². The van der Waals surface area contributed by atoms with Crippen LogP contribution in [0, 0.1) is 0 Å². The first-order valence-electron chi connectivity index (χ1n) is 15.4. The zero-order valence-corrected chi connectivity index (χ0v) is 23.7. The van der Waals surface area contributed by atoms with E-state index in [0.29, 0.717) is 6.04 Å². The number of nitrogens with zero attached hydrogens (tertiary/aromatic N) is 2. The number of hydrogen-bond acceptors (Lipinski definition) is 2. The fourth-order valence-corrected chi connectivity index (χ4v) is 6.10. The van der Waals surface area contributed by atoms with Gasteiger partial charge in [-0.05, 0) is 37.3 Å². The van der Waals surface area contributed by atoms with Crippen molar-refractivity contribution in [2.45, 2.75) is 168 Å². The van der Waals surface area contributed by atoms with E-state index in [1.807, 2.05) is 0 Å². The van der Waals surface area contributed by atoms with Crippen LogP contribution in [0.1, 0.15) is 162 Å². The summed E-state index contributed by atoms with van der Waals surface area (Å²) in [7, 11) is 0. The maximum atomic E-state index is 6.95. The normalized spacial score (nSPS) is 18.3. The number of unbranched alkanes of at least 4 members (excludes halogenated alkanes) is 18. The summed E-state index contributed by atoms with van der Waals surface area (Å²) in [6.45, 7) is 5.68. The van der Waals surface area contributed by atoms with E-state index in [-0.39, 0.29) is 0 Å². The number of rotatable bonds is 22. The zero-order chi connectivity index (χ0) is 24.3. The summed E-state index contributed by atoms with van der Waals surface area (Å²) in [6.07, 6.45) is 36.2. The lowest BCUT2D eigenvalue weighted by atomic mass is 9.93. The van der Waals surface area contributed by atoms with Crippen LogP contribution in [-0.4, -0.2) is 22.1 Å². The Kier molecular flexibility index (Phi) is 17.2. The van der Waals surface area contributed by atoms with E-state index in [1.165, 1.54) is 153 Å². The smallest absolute Gasteiger partial charge is 0.0692 e. The minimum Gasteiger partial charge on any atom is -0.291 e. The maximum Gasteiger partial charge on any atom is 0.0692 e. The largest absolute Gasteiger partial charge is 0.291 e. The topological polar surface area (TPSA) is 6.48 Å². The van der Waals surface area contributed by atoms with E-state index < -0.39 is 0 Å². The van der Waals surface area contributed by atoms with Crippen molar-refractivity contribution in [2.75, 3.05) is 6.54 Å². The van der Waals surface area contributed by atoms with E-state index in [2.05, 4.69) is 35.5 Å². The lowest BCUT2D eigenvalue weighted by Crippen LogP contribution is -2.36. The van der Waals surface area contributed by atoms with Crippen molar-refractivity contribution in [3.63, 3.8) is 0 Å². The van der Waals surface area contributed by atoms with Crippen LogP contribution in [0.4, 0.5) is 0 Å². The van der Waals surface area contributed by atoms with E-state index in [9.17, 15) is 0 Å². The van der Waals surface area contributed by atoms with Crippen molar-refractivity contribution in [3.8, 4) is 0 Å². The predicted molar refractivity (Wildman–Crippen MR) is 152 cm³/mol. The SMILES string of the molecule is CCCCCCCCCCCCC1C2=C(C=CCC2)N(CCCCCCCCCCCC)N1Cl. The van der Waals surface area contributed by atoms with Gasteiger partial charge in [0.05, 0.1) is 11.7 Å². The Balaban J connectivity index is 1.59. The maximum absolute atomic E-state index is 6.95. The summed E-state index contributed by atoms with van der Waals surface area (Å²) < 4.78 is 2.09. The highest BCUT2D eigenvalue weighted by atomic mass is 35.5. The highest BCUT2D eigenvalue weighted by molar-refractivity contribution is 6.13. The molecule has 2 rings (SSSR count). The molecule has 0 radical (unpaired) electrons. The van der Waals surface area contributed by atoms with Crippen molar-refractivity contribution in [2.24, 2.45) is 0 Å². The molecule has 198 valence electrons. The van der Waals surface area contributed by atoms with Gasteiger partial charge < -0.3 is 0 Å². The number of hydrazine groups is 1. The van der Waals surface area contributed by atoms with Gasteiger partial charge in [-0.3, -0.25) is 5.01 Å². The van der Waals surface area contributed by atoms with Crippen LogP contribution in [0.2, 0.25) is 0 Å². The number of hydrogen-bond donors (Lipinski definition) is 0. The minimum atomic E-state index is 0.429. The molecule has 1 unspecified atom stereocenters. The molecular formula is C31H57ClN2. The molecule has 2 nitrogen and oxygen atoms in total. The summed E-state index contributed by atoms with van der Waals surface area (Å²) in [5.41, 5.74) is 3.04. The molecule has 0 aromatic rings. The van der Waals surface area contributed by atoms with Crippen LogP contribution in [0.3, 0.4) is 0 Å². The van der Waals surface area contributed by atoms with Crippen LogP contribution in [0.25, 0.3) is 0 Å². The molecule has 0 aromatic carbocycles. The highest BCUT2D eigenvalue weighted by Crippen LogP contribution is 2.39. The fraction of sp³-hybridized carbons (Fsp3) is 0.871. The van der Waals surface area contributed by atoms with Crippen molar-refractivity contribution in [1.29, 1.82) is 0 Å². The molecule has 1 aliphatic carbocycles. The van der Waals surface area contributed by atoms with Gasteiger partial charge in [0.1, 0.15) is 0 Å². The predicted octanol–water partition coefficient (Wildman–Crippen LogP) is 10.9. The molecule has 0 aromatic heterocycles. The number of halogens is 1. The Morgan fingerprint density at radius 1 is 0.676 bits per heavy atom. The first-order chi connectivity index (χ1) is 16.8. The fourth-order valence-electron chi connectivity index (χ4n) is 5.73. The molecule has 0 saturated heterocycles. The second kappa shape index (κ2) is 19.7. The summed E-state index contributed by atoms with van der Waals surface area (Å²) in [5.74, 6) is 0. The average molecular weight is 493 g/mol. The third-order valence-corrected chi connectivity index (χ3v) is 8.33. The first-order valence-corrected chi connectivity index (χ1v) is 15.8. The second-order valence-electron chi connectivity index (χ2n) is 10.9. The summed E-state index contributed by atoms with van der Waals surface area (Å²) in [6, 6.07) is 0.429. The second-order valence-corrected chi connectivity index (χ2v) is 11.3. The van der Waals surface area contributed by atoms with Crippen molar-refractivity contribution in [1.82, 2.24) is 9.54 Å². The lowest BCUT2D eigenvalue weighted by molar-refractivity contribution is 0.103. The Labute approximate surface area is 218 Å². The van der Waals surface area contributed by atoms with Gasteiger partial charge in [-0.1, -0.05) is 142 Å². The van der Waals surface area contributed by atoms with Gasteiger partial charge in [0.15, 0.2) is 0 Å². The van der Waals surface area contributed by atoms with Crippen LogP contribution < -0.4 is 0 Å². The molecule has 1 heterocycles. The summed E-state index contributed by atoms with van der Waals surface area (Å²) >= 11 is 6.95. The van der Waals surface area contributed by atoms with Crippen molar-refractivity contribution < 1.29 is 0 Å². The lowest BCUT2D eigenvalue weighted by Gasteiger charge is -2.29. The van der Waals surface area contributed by atoms with E-state index in [0.717, 1.165) is 6.54 Å². The molecule has 1 aliphatic heterocycles. The Morgan fingerprint density at radius 2 is 1.15 bits per heavy atom. The standard InChI is InChI=1S/C31H57ClN2/c1-3-5-7-9-11-13-15-17-19-21-27-31-29-25-22-23-26-30(29)33(34(31)32)28-24-20-18-16-14-12-10-8-6-4-2/h23,26,31H,3-22,24-25,27-28H2,1-2H3. The van der Waals surface area contributed by atoms with Gasteiger partial charge in [-0.25, -0.2) is 0 Å². The molecule has 0 fully saturated rings. The quantitative estimate of drug-likeness (QED) is 0.109. The van der Waals surface area contributed by atoms with Gasteiger partial charge >= 0.3 is 0 Å². The van der Waals surface area contributed by atoms with Crippen molar-refractivity contribution in [3.05, 3.63) is 23.4 Å². The molecule has 0 bridgehead atoms. The van der Waals surface area contributed by atoms with Crippen LogP contribution in [-0.2, 0) is 0 Å². The molecule has 2 aliphatic rings. The molecule has 0 saturated carbocycles. The van der Waals surface area contributed by atoms with Crippen LogP contribution >= 0.6 is 11.8 Å². The Bertz CT molecular complexity index is 556. The zero-order valence-electron chi connectivity index (χ0n) is 23.0. The van der Waals surface area contributed by atoms with E-state index in [1.54, 1.807) is 5.57 Å². The molecule has 3 heteroatoms. The van der Waals surface area contributed by atoms with Gasteiger partial charge in [0.25, 0.3) is 0 Å². The van der Waals surface area contributed by atoms with Gasteiger partial charge in [0.2, 0.25) is 0 Å². The van der Waals surface area contributed by atoms with Gasteiger partial charge in [-0.15, -0.1) is 4.53 Å². The van der Waals surface area contributed by atoms with Gasteiger partial charge in [-0.2, -0.15) is 0 Å². The monoisotopic (exact) mass is 492 g/mol. The number of allylic oxidation sites excluding steroid dienone is 2. The molecule has 0 amide bonds. The summed E-state index contributed by atoms with van der Waals surface area (Å²) in [4.78, 5) is 0. The molecular weight excluding hydrogens is 436 g/mol. The van der Waals surface area contributed by atoms with Crippen molar-refractivity contribution >= 4 is 11.8 Å². The molecule has 0 spiro atoms. The Morgan fingerprint density at radius 3 is 1.68 bits per heavy atom. The van der Waals surface area contributed by atoms with E-state index in [4.69, 9.17) is 11.8 Å². The highest BCUT2D eigenvalue weighted by Gasteiger charge is 2.36. The summed E-state index contributed by atoms with van der Waals surface area (Å²) in [5, 5.41) is 2.40. The third-order valence-electron chi connectivity index (χ3n) is 7.91. The van der Waals surface area contributed by atoms with E-state index >= 15 is 0 Å².